The summed E-state index contributed by atoms with van der Waals surface area (Å²) in [5, 5.41) is 5.33. The first-order valence-corrected chi connectivity index (χ1v) is 17.4. The van der Waals surface area contributed by atoms with Crippen molar-refractivity contribution in [2.75, 3.05) is 0 Å². The normalized spacial score (nSPS) is 11.3. The van der Waals surface area contributed by atoms with Crippen molar-refractivity contribution in [3.63, 3.8) is 0 Å². The third-order valence-corrected chi connectivity index (χ3v) is 10.6. The van der Waals surface area contributed by atoms with Crippen LogP contribution in [0.4, 0.5) is 0 Å². The zero-order valence-electron chi connectivity index (χ0n) is 29.7. The molecule has 7 rings (SSSR count). The van der Waals surface area contributed by atoms with Gasteiger partial charge in [0.1, 0.15) is 0 Å². The maximum Gasteiger partial charge on any atom is 0.244 e. The minimum Gasteiger partial charge on any atom is -0.0667 e. The van der Waals surface area contributed by atoms with Gasteiger partial charge in [0.05, 0.1) is 0 Å². The quantitative estimate of drug-likeness (QED) is 0.134. The van der Waals surface area contributed by atoms with Gasteiger partial charge in [0.25, 0.3) is 0 Å². The first-order valence-electron chi connectivity index (χ1n) is 17.4. The maximum absolute atomic E-state index is 2.39. The van der Waals surface area contributed by atoms with E-state index >= 15 is 0 Å². The van der Waals surface area contributed by atoms with Gasteiger partial charge >= 0.3 is 0 Å². The molecule has 0 bridgehead atoms. The molecule has 0 nitrogen and oxygen atoms in total. The zero-order chi connectivity index (χ0) is 33.7. The Morgan fingerprint density at radius 2 is 0.583 bits per heavy atom. The average molecular weight is 618 g/mol. The molecule has 0 aliphatic rings. The van der Waals surface area contributed by atoms with Gasteiger partial charge in [-0.25, -0.2) is 0 Å². The maximum atomic E-state index is 2.39. The van der Waals surface area contributed by atoms with Crippen LogP contribution >= 0.6 is 0 Å². The predicted octanol–water partition coefficient (Wildman–Crippen LogP) is 7.49. The summed E-state index contributed by atoms with van der Waals surface area (Å²) >= 11 is 0. The molecule has 0 aliphatic carbocycles. The molecule has 7 aromatic carbocycles. The number of rotatable bonds is 6. The summed E-state index contributed by atoms with van der Waals surface area (Å²) in [7, 11) is 0. The van der Waals surface area contributed by atoms with Crippen molar-refractivity contribution in [2.45, 2.75) is 55.4 Å². The lowest BCUT2D eigenvalue weighted by Gasteiger charge is -2.29. The SMILES string of the molecule is Cc1cc(C)c(B(c2c(C)cc(C)cc2C)c2c3ccccc3c(B(c3ccccc3C)c3ccccc3C)c3ccccc23)c(C)c1. The van der Waals surface area contributed by atoms with Gasteiger partial charge in [-0.3, -0.25) is 0 Å². The van der Waals surface area contributed by atoms with Gasteiger partial charge in [-0.1, -0.05) is 199 Å². The summed E-state index contributed by atoms with van der Waals surface area (Å²) < 4.78 is 0. The van der Waals surface area contributed by atoms with Crippen molar-refractivity contribution >= 4 is 67.7 Å². The Morgan fingerprint density at radius 1 is 0.292 bits per heavy atom. The Morgan fingerprint density at radius 3 is 0.917 bits per heavy atom. The molecule has 0 spiro atoms. The monoisotopic (exact) mass is 618 g/mol. The molecule has 0 unspecified atom stereocenters. The Hall–Kier alpha value is -4.81. The summed E-state index contributed by atoms with van der Waals surface area (Å²) in [6.07, 6.45) is 0. The molecule has 0 saturated carbocycles. The molecule has 0 saturated heterocycles. The van der Waals surface area contributed by atoms with E-state index in [2.05, 4.69) is 177 Å². The van der Waals surface area contributed by atoms with Gasteiger partial charge in [0.2, 0.25) is 13.4 Å². The van der Waals surface area contributed by atoms with Crippen molar-refractivity contribution in [1.29, 1.82) is 0 Å². The van der Waals surface area contributed by atoms with Crippen LogP contribution in [0.2, 0.25) is 0 Å². The lowest BCUT2D eigenvalue weighted by molar-refractivity contribution is 1.34. The minimum absolute atomic E-state index is 0.0745. The van der Waals surface area contributed by atoms with E-state index in [1.807, 2.05) is 0 Å². The second-order valence-electron chi connectivity index (χ2n) is 14.1. The number of hydrogen-bond donors (Lipinski definition) is 0. The molecule has 0 fully saturated rings. The Bertz CT molecular complexity index is 2140. The van der Waals surface area contributed by atoms with Crippen LogP contribution in [-0.4, -0.2) is 13.4 Å². The molecule has 0 aromatic heterocycles. The van der Waals surface area contributed by atoms with Gasteiger partial charge in [-0.15, -0.1) is 0 Å². The first kappa shape index (κ1) is 31.8. The van der Waals surface area contributed by atoms with Crippen LogP contribution in [0, 0.1) is 55.4 Å². The molecular formula is C46H44B2. The van der Waals surface area contributed by atoms with Gasteiger partial charge in [-0.05, 0) is 76.9 Å². The molecule has 0 atom stereocenters. The summed E-state index contributed by atoms with van der Waals surface area (Å²) in [5.41, 5.74) is 19.0. The van der Waals surface area contributed by atoms with Crippen LogP contribution in [0.3, 0.4) is 0 Å². The highest BCUT2D eigenvalue weighted by molar-refractivity contribution is 7.02. The van der Waals surface area contributed by atoms with Crippen molar-refractivity contribution in [3.05, 3.63) is 166 Å². The smallest absolute Gasteiger partial charge is 0.0667 e. The fourth-order valence-corrected chi connectivity index (χ4v) is 8.84. The summed E-state index contributed by atoms with van der Waals surface area (Å²) in [5.74, 6) is 0. The highest BCUT2D eigenvalue weighted by Crippen LogP contribution is 2.24. The van der Waals surface area contributed by atoms with Gasteiger partial charge in [-0.2, -0.15) is 0 Å². The minimum atomic E-state index is 0.0745. The van der Waals surface area contributed by atoms with Crippen molar-refractivity contribution < 1.29 is 0 Å². The number of hydrogen-bond acceptors (Lipinski definition) is 0. The number of fused-ring (bicyclic) bond motifs is 2. The third-order valence-electron chi connectivity index (χ3n) is 10.6. The van der Waals surface area contributed by atoms with Crippen LogP contribution in [0.25, 0.3) is 21.5 Å². The summed E-state index contributed by atoms with van der Waals surface area (Å²) in [6.45, 7) is 18.4. The molecule has 48 heavy (non-hydrogen) atoms. The molecular weight excluding hydrogens is 574 g/mol. The average Bonchev–Trinajstić information content (AvgIpc) is 3.04. The van der Waals surface area contributed by atoms with Crippen molar-refractivity contribution in [2.24, 2.45) is 0 Å². The Labute approximate surface area is 288 Å². The first-order chi connectivity index (χ1) is 23.2. The van der Waals surface area contributed by atoms with Crippen LogP contribution in [0.15, 0.2) is 121 Å². The van der Waals surface area contributed by atoms with E-state index in [0.717, 1.165) is 0 Å². The van der Waals surface area contributed by atoms with Crippen LogP contribution in [-0.2, 0) is 0 Å². The highest BCUT2D eigenvalue weighted by atomic mass is 14.2. The Balaban J connectivity index is 1.69. The van der Waals surface area contributed by atoms with Gasteiger partial charge in [0, 0.05) is 0 Å². The summed E-state index contributed by atoms with van der Waals surface area (Å²) in [6, 6.07) is 45.9. The third kappa shape index (κ3) is 5.38. The fourth-order valence-electron chi connectivity index (χ4n) is 8.84. The van der Waals surface area contributed by atoms with Gasteiger partial charge < -0.3 is 0 Å². The number of aryl methyl sites for hydroxylation is 8. The second-order valence-corrected chi connectivity index (χ2v) is 14.1. The van der Waals surface area contributed by atoms with Crippen LogP contribution in [0.5, 0.6) is 0 Å². The molecule has 0 N–H and O–H groups in total. The molecule has 0 amide bonds. The molecule has 0 radical (unpaired) electrons. The lowest BCUT2D eigenvalue weighted by atomic mass is 9.31. The molecule has 7 aromatic rings. The van der Waals surface area contributed by atoms with E-state index in [1.54, 1.807) is 0 Å². The van der Waals surface area contributed by atoms with Crippen molar-refractivity contribution in [3.8, 4) is 0 Å². The standard InChI is InChI=1S/C46H44B2/c1-29-25-33(5)43(34(6)26-29)48(44-35(7)27-30(2)28-36(44)8)46-39-21-13-11-19-37(39)45(38-20-12-14-22-40(38)46)47(41-23-15-9-17-31(41)3)42-24-16-10-18-32(42)4/h9-28H,1-8H3. The van der Waals surface area contributed by atoms with E-state index in [4.69, 9.17) is 0 Å². The highest BCUT2D eigenvalue weighted by Gasteiger charge is 2.35. The predicted molar refractivity (Wildman–Crippen MR) is 214 cm³/mol. The van der Waals surface area contributed by atoms with Crippen molar-refractivity contribution in [1.82, 2.24) is 0 Å². The van der Waals surface area contributed by atoms with E-state index in [9.17, 15) is 0 Å². The Kier molecular flexibility index (Phi) is 8.38. The van der Waals surface area contributed by atoms with E-state index < -0.39 is 0 Å². The van der Waals surface area contributed by atoms with E-state index in [-0.39, 0.29) is 13.4 Å². The zero-order valence-corrected chi connectivity index (χ0v) is 29.7. The van der Waals surface area contributed by atoms with Gasteiger partial charge in [0.15, 0.2) is 0 Å². The fraction of sp³-hybridized carbons (Fsp3) is 0.174. The second kappa shape index (κ2) is 12.7. The molecule has 2 heteroatoms. The van der Waals surface area contributed by atoms with Crippen LogP contribution in [0.1, 0.15) is 44.5 Å². The van der Waals surface area contributed by atoms with E-state index in [0.29, 0.717) is 0 Å². The molecule has 234 valence electrons. The topological polar surface area (TPSA) is 0 Å². The number of benzene rings is 7. The van der Waals surface area contributed by atoms with Crippen LogP contribution < -0.4 is 32.8 Å². The summed E-state index contributed by atoms with van der Waals surface area (Å²) in [4.78, 5) is 0. The lowest BCUT2D eigenvalue weighted by Crippen LogP contribution is -2.58. The molecule has 0 heterocycles. The molecule has 0 aliphatic heterocycles. The van der Waals surface area contributed by atoms with E-state index in [1.165, 1.54) is 98.8 Å². The largest absolute Gasteiger partial charge is 0.244 e.